The maximum atomic E-state index is 5.76. The van der Waals surface area contributed by atoms with Crippen LogP contribution in [0, 0.1) is 0 Å². The number of ether oxygens (including phenoxy) is 2. The first-order chi connectivity index (χ1) is 7.33. The molecule has 0 aromatic heterocycles. The molecule has 0 aliphatic rings. The normalized spacial score (nSPS) is 10.5. The Morgan fingerprint density at radius 3 is 2.33 bits per heavy atom. The van der Waals surface area contributed by atoms with Crippen LogP contribution < -0.4 is 5.73 Å². The average molecular weight is 230 g/mol. The summed E-state index contributed by atoms with van der Waals surface area (Å²) in [5.74, 6) is 0. The summed E-state index contributed by atoms with van der Waals surface area (Å²) in [4.78, 5) is 0. The zero-order valence-corrected chi connectivity index (χ0v) is 9.37. The zero-order chi connectivity index (χ0) is 10.9. The van der Waals surface area contributed by atoms with E-state index in [1.807, 2.05) is 24.3 Å². The fraction of sp³-hybridized carbons (Fsp3) is 0.455. The first kappa shape index (κ1) is 12.5. The zero-order valence-electron chi connectivity index (χ0n) is 8.62. The van der Waals surface area contributed by atoms with Crippen molar-refractivity contribution < 1.29 is 9.47 Å². The van der Waals surface area contributed by atoms with Crippen LogP contribution in [-0.2, 0) is 16.1 Å². The topological polar surface area (TPSA) is 44.5 Å². The minimum atomic E-state index is 0.553. The molecule has 0 aliphatic heterocycles. The first-order valence-corrected chi connectivity index (χ1v) is 5.30. The van der Waals surface area contributed by atoms with Crippen molar-refractivity contribution in [3.63, 3.8) is 0 Å². The van der Waals surface area contributed by atoms with E-state index >= 15 is 0 Å². The van der Waals surface area contributed by atoms with Gasteiger partial charge in [-0.25, -0.2) is 0 Å². The molecule has 1 aromatic rings. The summed E-state index contributed by atoms with van der Waals surface area (Å²) in [7, 11) is 0. The van der Waals surface area contributed by atoms with E-state index in [2.05, 4.69) is 0 Å². The molecule has 3 nitrogen and oxygen atoms in total. The summed E-state index contributed by atoms with van der Waals surface area (Å²) in [5, 5.41) is 0.741. The highest BCUT2D eigenvalue weighted by Crippen LogP contribution is 2.09. The lowest BCUT2D eigenvalue weighted by atomic mass is 10.2. The lowest BCUT2D eigenvalue weighted by Gasteiger charge is -2.05. The number of hydrogen-bond donors (Lipinski definition) is 1. The Labute approximate surface area is 95.1 Å². The van der Waals surface area contributed by atoms with Crippen LogP contribution in [0.1, 0.15) is 5.56 Å². The Balaban J connectivity index is 2.07. The monoisotopic (exact) mass is 229 g/mol. The Bertz CT molecular complexity index is 264. The van der Waals surface area contributed by atoms with Gasteiger partial charge >= 0.3 is 0 Å². The molecule has 1 aromatic carbocycles. The predicted molar refractivity (Wildman–Crippen MR) is 61.0 cm³/mol. The van der Waals surface area contributed by atoms with Crippen molar-refractivity contribution in [3.05, 3.63) is 34.9 Å². The molecular formula is C11H16ClNO2. The summed E-state index contributed by atoms with van der Waals surface area (Å²) in [6.07, 6.45) is 0. The summed E-state index contributed by atoms with van der Waals surface area (Å²) >= 11 is 5.76. The van der Waals surface area contributed by atoms with Gasteiger partial charge in [0.25, 0.3) is 0 Å². The van der Waals surface area contributed by atoms with Gasteiger partial charge in [0.1, 0.15) is 0 Å². The van der Waals surface area contributed by atoms with E-state index in [1.54, 1.807) is 0 Å². The van der Waals surface area contributed by atoms with Crippen molar-refractivity contribution in [1.82, 2.24) is 0 Å². The van der Waals surface area contributed by atoms with Gasteiger partial charge < -0.3 is 15.2 Å². The molecule has 0 fully saturated rings. The van der Waals surface area contributed by atoms with E-state index in [0.717, 1.165) is 10.6 Å². The Morgan fingerprint density at radius 2 is 1.67 bits per heavy atom. The molecule has 0 atom stereocenters. The summed E-state index contributed by atoms with van der Waals surface area (Å²) in [5.41, 5.74) is 6.38. The van der Waals surface area contributed by atoms with Gasteiger partial charge in [-0.1, -0.05) is 23.7 Å². The molecule has 15 heavy (non-hydrogen) atoms. The smallest absolute Gasteiger partial charge is 0.0718 e. The average Bonchev–Trinajstić information content (AvgIpc) is 2.26. The fourth-order valence-electron chi connectivity index (χ4n) is 1.07. The molecule has 0 heterocycles. The molecule has 0 aliphatic carbocycles. The third-order valence-electron chi connectivity index (χ3n) is 1.82. The molecule has 0 amide bonds. The molecule has 4 heteroatoms. The Morgan fingerprint density at radius 1 is 1.00 bits per heavy atom. The second-order valence-corrected chi connectivity index (χ2v) is 3.52. The number of halogens is 1. The molecule has 0 spiro atoms. The van der Waals surface area contributed by atoms with Crippen molar-refractivity contribution in [3.8, 4) is 0 Å². The number of hydrogen-bond acceptors (Lipinski definition) is 3. The maximum Gasteiger partial charge on any atom is 0.0718 e. The van der Waals surface area contributed by atoms with Crippen molar-refractivity contribution in [2.75, 3.05) is 26.4 Å². The van der Waals surface area contributed by atoms with E-state index in [9.17, 15) is 0 Å². The van der Waals surface area contributed by atoms with Gasteiger partial charge in [-0.05, 0) is 17.7 Å². The summed E-state index contributed by atoms with van der Waals surface area (Å²) in [6.45, 7) is 2.90. The third kappa shape index (κ3) is 5.74. The molecular weight excluding hydrogens is 214 g/mol. The molecule has 0 radical (unpaired) electrons. The van der Waals surface area contributed by atoms with Crippen LogP contribution in [-0.4, -0.2) is 26.4 Å². The van der Waals surface area contributed by atoms with Gasteiger partial charge in [0.15, 0.2) is 0 Å². The number of rotatable bonds is 7. The van der Waals surface area contributed by atoms with E-state index < -0.39 is 0 Å². The van der Waals surface area contributed by atoms with Gasteiger partial charge in [0, 0.05) is 11.6 Å². The summed E-state index contributed by atoms with van der Waals surface area (Å²) < 4.78 is 10.6. The van der Waals surface area contributed by atoms with Crippen LogP contribution >= 0.6 is 11.6 Å². The molecule has 0 bridgehead atoms. The van der Waals surface area contributed by atoms with Crippen LogP contribution in [0.5, 0.6) is 0 Å². The molecule has 1 rings (SSSR count). The van der Waals surface area contributed by atoms with Crippen molar-refractivity contribution in [1.29, 1.82) is 0 Å². The van der Waals surface area contributed by atoms with Crippen molar-refractivity contribution >= 4 is 11.6 Å². The first-order valence-electron chi connectivity index (χ1n) is 4.93. The van der Waals surface area contributed by atoms with Gasteiger partial charge in [-0.3, -0.25) is 0 Å². The minimum absolute atomic E-state index is 0.553. The lowest BCUT2D eigenvalue weighted by Crippen LogP contribution is -2.11. The molecule has 84 valence electrons. The summed E-state index contributed by atoms with van der Waals surface area (Å²) in [6, 6.07) is 7.60. The second-order valence-electron chi connectivity index (χ2n) is 3.08. The van der Waals surface area contributed by atoms with Crippen LogP contribution in [0.3, 0.4) is 0 Å². The van der Waals surface area contributed by atoms with Crippen molar-refractivity contribution in [2.45, 2.75) is 6.61 Å². The van der Waals surface area contributed by atoms with E-state index in [1.165, 1.54) is 0 Å². The van der Waals surface area contributed by atoms with Gasteiger partial charge in [0.05, 0.1) is 26.4 Å². The Hall–Kier alpha value is -0.610. The van der Waals surface area contributed by atoms with Crippen LogP contribution in [0.15, 0.2) is 24.3 Å². The highest BCUT2D eigenvalue weighted by molar-refractivity contribution is 6.30. The molecule has 0 saturated heterocycles. The Kier molecular flexibility index (Phi) is 6.36. The quantitative estimate of drug-likeness (QED) is 0.726. The number of benzene rings is 1. The minimum Gasteiger partial charge on any atom is -0.378 e. The highest BCUT2D eigenvalue weighted by atomic mass is 35.5. The third-order valence-corrected chi connectivity index (χ3v) is 2.07. The lowest BCUT2D eigenvalue weighted by molar-refractivity contribution is 0.0433. The van der Waals surface area contributed by atoms with Gasteiger partial charge in [0.2, 0.25) is 0 Å². The van der Waals surface area contributed by atoms with Gasteiger partial charge in [-0.2, -0.15) is 0 Å². The molecule has 2 N–H and O–H groups in total. The van der Waals surface area contributed by atoms with Crippen LogP contribution in [0.25, 0.3) is 0 Å². The van der Waals surface area contributed by atoms with Gasteiger partial charge in [-0.15, -0.1) is 0 Å². The van der Waals surface area contributed by atoms with Crippen LogP contribution in [0.2, 0.25) is 5.02 Å². The number of nitrogens with two attached hydrogens (primary N) is 1. The SMILES string of the molecule is NCCOCCOCc1ccc(Cl)cc1. The molecule has 0 unspecified atom stereocenters. The van der Waals surface area contributed by atoms with Crippen molar-refractivity contribution in [2.24, 2.45) is 5.73 Å². The van der Waals surface area contributed by atoms with Crippen LogP contribution in [0.4, 0.5) is 0 Å². The largest absolute Gasteiger partial charge is 0.378 e. The van der Waals surface area contributed by atoms with E-state index in [0.29, 0.717) is 33.0 Å². The standard InChI is InChI=1S/C11H16ClNO2/c12-11-3-1-10(2-4-11)9-15-8-7-14-6-5-13/h1-4H,5-9,13H2. The fourth-order valence-corrected chi connectivity index (χ4v) is 1.20. The predicted octanol–water partition coefficient (Wildman–Crippen LogP) is 1.83. The van der Waals surface area contributed by atoms with E-state index in [-0.39, 0.29) is 0 Å². The maximum absolute atomic E-state index is 5.76. The second kappa shape index (κ2) is 7.65. The van der Waals surface area contributed by atoms with E-state index in [4.69, 9.17) is 26.8 Å². The highest BCUT2D eigenvalue weighted by Gasteiger charge is 1.93. The molecule has 0 saturated carbocycles.